The molecule has 1 amide bonds. The molecule has 0 aromatic heterocycles. The van der Waals surface area contributed by atoms with Crippen LogP contribution in [0.5, 0.6) is 5.75 Å². The molecular weight excluding hydrogens is 282 g/mol. The van der Waals surface area contributed by atoms with Crippen LogP contribution in [0.1, 0.15) is 36.5 Å². The molecule has 22 heavy (non-hydrogen) atoms. The fraction of sp³-hybridized carbons (Fsp3) is 0.588. The first-order valence-corrected chi connectivity index (χ1v) is 7.90. The van der Waals surface area contributed by atoms with E-state index >= 15 is 0 Å². The van der Waals surface area contributed by atoms with E-state index in [4.69, 9.17) is 14.2 Å². The van der Waals surface area contributed by atoms with E-state index in [-0.39, 0.29) is 23.7 Å². The largest absolute Gasteiger partial charge is 0.497 e. The predicted octanol–water partition coefficient (Wildman–Crippen LogP) is 2.15. The van der Waals surface area contributed by atoms with Crippen LogP contribution in [-0.4, -0.2) is 44.0 Å². The summed E-state index contributed by atoms with van der Waals surface area (Å²) in [5, 5.41) is 3.11. The van der Waals surface area contributed by atoms with Crippen LogP contribution >= 0.6 is 0 Å². The standard InChI is InChI=1S/C17H23NO4/c1-3-21-15-11-14(17(15)9-4-10-22-17)18-16(19)12-5-7-13(20-2)8-6-12/h5-8,14-15H,3-4,9-11H2,1-2H3,(H,18,19)/t14-,15+,17-/m0/s1. The van der Waals surface area contributed by atoms with Crippen LogP contribution < -0.4 is 10.1 Å². The van der Waals surface area contributed by atoms with Gasteiger partial charge in [-0.15, -0.1) is 0 Å². The second kappa shape index (κ2) is 6.26. The lowest BCUT2D eigenvalue weighted by molar-refractivity contribution is -0.194. The Labute approximate surface area is 130 Å². The summed E-state index contributed by atoms with van der Waals surface area (Å²) in [7, 11) is 1.61. The molecule has 1 saturated heterocycles. The molecular formula is C17H23NO4. The molecule has 2 aliphatic rings. The Morgan fingerprint density at radius 3 is 2.77 bits per heavy atom. The van der Waals surface area contributed by atoms with Crippen LogP contribution in [0.25, 0.3) is 0 Å². The Morgan fingerprint density at radius 1 is 1.41 bits per heavy atom. The van der Waals surface area contributed by atoms with Crippen LogP contribution in [0.2, 0.25) is 0 Å². The zero-order chi connectivity index (χ0) is 15.6. The van der Waals surface area contributed by atoms with E-state index in [9.17, 15) is 4.79 Å². The molecule has 1 aromatic carbocycles. The monoisotopic (exact) mass is 305 g/mol. The van der Waals surface area contributed by atoms with E-state index in [0.717, 1.165) is 31.6 Å². The minimum atomic E-state index is -0.321. The highest BCUT2D eigenvalue weighted by Crippen LogP contribution is 2.45. The zero-order valence-electron chi connectivity index (χ0n) is 13.1. The molecule has 2 fully saturated rings. The molecule has 1 aromatic rings. The SMILES string of the molecule is CCO[C@@H]1C[C@H](NC(=O)c2ccc(OC)cc2)[C@@]12CCCO2. The minimum Gasteiger partial charge on any atom is -0.497 e. The van der Waals surface area contributed by atoms with Crippen molar-refractivity contribution >= 4 is 5.91 Å². The Hall–Kier alpha value is -1.59. The van der Waals surface area contributed by atoms with Crippen molar-refractivity contribution in [1.29, 1.82) is 0 Å². The van der Waals surface area contributed by atoms with Crippen molar-refractivity contribution in [3.05, 3.63) is 29.8 Å². The van der Waals surface area contributed by atoms with Gasteiger partial charge in [-0.2, -0.15) is 0 Å². The summed E-state index contributed by atoms with van der Waals surface area (Å²) in [6, 6.07) is 7.16. The lowest BCUT2D eigenvalue weighted by Gasteiger charge is -2.52. The third-order valence-electron chi connectivity index (χ3n) is 4.69. The molecule has 120 valence electrons. The van der Waals surface area contributed by atoms with E-state index in [1.807, 2.05) is 6.92 Å². The average Bonchev–Trinajstić information content (AvgIpc) is 3.06. The summed E-state index contributed by atoms with van der Waals surface area (Å²) in [4.78, 5) is 12.4. The van der Waals surface area contributed by atoms with Crippen molar-refractivity contribution in [2.24, 2.45) is 0 Å². The predicted molar refractivity (Wildman–Crippen MR) is 82.2 cm³/mol. The maximum absolute atomic E-state index is 12.4. The summed E-state index contributed by atoms with van der Waals surface area (Å²) in [5.41, 5.74) is 0.312. The minimum absolute atomic E-state index is 0.0288. The molecule has 1 aliphatic heterocycles. The van der Waals surface area contributed by atoms with Gasteiger partial charge < -0.3 is 19.5 Å². The maximum atomic E-state index is 12.4. The van der Waals surface area contributed by atoms with Crippen molar-refractivity contribution in [2.45, 2.75) is 43.9 Å². The van der Waals surface area contributed by atoms with Crippen LogP contribution in [0.15, 0.2) is 24.3 Å². The molecule has 5 nitrogen and oxygen atoms in total. The first-order valence-electron chi connectivity index (χ1n) is 7.90. The Morgan fingerprint density at radius 2 is 2.18 bits per heavy atom. The number of amides is 1. The van der Waals surface area contributed by atoms with E-state index in [0.29, 0.717) is 12.2 Å². The van der Waals surface area contributed by atoms with Crippen LogP contribution in [0, 0.1) is 0 Å². The number of methoxy groups -OCH3 is 1. The van der Waals surface area contributed by atoms with Gasteiger partial charge in [0.25, 0.3) is 5.91 Å². The van der Waals surface area contributed by atoms with Gasteiger partial charge in [-0.25, -0.2) is 0 Å². The smallest absolute Gasteiger partial charge is 0.251 e. The number of nitrogens with one attached hydrogen (secondary N) is 1. The summed E-state index contributed by atoms with van der Waals surface area (Å²) >= 11 is 0. The van der Waals surface area contributed by atoms with Gasteiger partial charge in [-0.3, -0.25) is 4.79 Å². The molecule has 1 N–H and O–H groups in total. The average molecular weight is 305 g/mol. The van der Waals surface area contributed by atoms with Crippen molar-refractivity contribution < 1.29 is 19.0 Å². The highest BCUT2D eigenvalue weighted by atomic mass is 16.6. The van der Waals surface area contributed by atoms with Crippen molar-refractivity contribution in [3.63, 3.8) is 0 Å². The van der Waals surface area contributed by atoms with Crippen LogP contribution in [0.3, 0.4) is 0 Å². The van der Waals surface area contributed by atoms with E-state index < -0.39 is 0 Å². The first-order chi connectivity index (χ1) is 10.7. The van der Waals surface area contributed by atoms with E-state index in [1.54, 1.807) is 31.4 Å². The molecule has 1 heterocycles. The Kier molecular flexibility index (Phi) is 4.36. The first kappa shape index (κ1) is 15.3. The molecule has 0 unspecified atom stereocenters. The molecule has 3 atom stereocenters. The van der Waals surface area contributed by atoms with Crippen LogP contribution in [0.4, 0.5) is 0 Å². The molecule has 1 spiro atoms. The van der Waals surface area contributed by atoms with Gasteiger partial charge in [0.1, 0.15) is 11.4 Å². The highest BCUT2D eigenvalue weighted by molar-refractivity contribution is 5.94. The van der Waals surface area contributed by atoms with E-state index in [1.165, 1.54) is 0 Å². The molecule has 1 aliphatic carbocycles. The molecule has 3 rings (SSSR count). The number of ether oxygens (including phenoxy) is 3. The van der Waals surface area contributed by atoms with Gasteiger partial charge in [0.2, 0.25) is 0 Å². The number of hydrogen-bond acceptors (Lipinski definition) is 4. The number of carbonyl (C=O) groups is 1. The van der Waals surface area contributed by atoms with Crippen LogP contribution in [-0.2, 0) is 9.47 Å². The maximum Gasteiger partial charge on any atom is 0.251 e. The Balaban J connectivity index is 1.66. The van der Waals surface area contributed by atoms with Gasteiger partial charge >= 0.3 is 0 Å². The number of carbonyl (C=O) groups excluding carboxylic acids is 1. The van der Waals surface area contributed by atoms with Crippen molar-refractivity contribution in [3.8, 4) is 5.75 Å². The summed E-state index contributed by atoms with van der Waals surface area (Å²) in [5.74, 6) is 0.671. The van der Waals surface area contributed by atoms with Crippen molar-refractivity contribution in [1.82, 2.24) is 5.32 Å². The van der Waals surface area contributed by atoms with Crippen molar-refractivity contribution in [2.75, 3.05) is 20.3 Å². The topological polar surface area (TPSA) is 56.8 Å². The second-order valence-corrected chi connectivity index (χ2v) is 5.84. The second-order valence-electron chi connectivity index (χ2n) is 5.84. The number of benzene rings is 1. The van der Waals surface area contributed by atoms with Gasteiger partial charge in [0.05, 0.1) is 19.3 Å². The molecule has 1 saturated carbocycles. The third-order valence-corrected chi connectivity index (χ3v) is 4.69. The fourth-order valence-corrected chi connectivity index (χ4v) is 3.46. The summed E-state index contributed by atoms with van der Waals surface area (Å²) in [6.45, 7) is 3.42. The normalized spacial score (nSPS) is 30.1. The van der Waals surface area contributed by atoms with Gasteiger partial charge in [-0.1, -0.05) is 0 Å². The lowest BCUT2D eigenvalue weighted by Crippen LogP contribution is -2.69. The Bertz CT molecular complexity index is 522. The van der Waals surface area contributed by atoms with Gasteiger partial charge in [0, 0.05) is 18.8 Å². The summed E-state index contributed by atoms with van der Waals surface area (Å²) < 4.78 is 16.8. The number of hydrogen-bond donors (Lipinski definition) is 1. The third kappa shape index (κ3) is 2.59. The molecule has 0 bridgehead atoms. The zero-order valence-corrected chi connectivity index (χ0v) is 13.1. The molecule has 5 heteroatoms. The fourth-order valence-electron chi connectivity index (χ4n) is 3.46. The van der Waals surface area contributed by atoms with E-state index in [2.05, 4.69) is 5.32 Å². The van der Waals surface area contributed by atoms with Gasteiger partial charge in [0.15, 0.2) is 0 Å². The highest BCUT2D eigenvalue weighted by Gasteiger charge is 2.59. The van der Waals surface area contributed by atoms with Gasteiger partial charge in [-0.05, 0) is 50.5 Å². The quantitative estimate of drug-likeness (QED) is 0.905. The molecule has 0 radical (unpaired) electrons. The number of rotatable bonds is 5. The lowest BCUT2D eigenvalue weighted by atomic mass is 9.70. The summed E-state index contributed by atoms with van der Waals surface area (Å²) in [6.07, 6.45) is 2.89.